The maximum absolute atomic E-state index is 12.1. The Balaban J connectivity index is 1.72. The molecule has 0 fully saturated rings. The molecule has 104 valence electrons. The van der Waals surface area contributed by atoms with E-state index in [1.54, 1.807) is 0 Å². The molecule has 1 aliphatic heterocycles. The SMILES string of the molecule is CN(C)c1ccc(C(=O)Nc2nc3c(s2)CNC3)cc1. The monoisotopic (exact) mass is 288 g/mol. The second-order valence-electron chi connectivity index (χ2n) is 4.89. The first kappa shape index (κ1) is 13.1. The molecule has 0 saturated heterocycles. The van der Waals surface area contributed by atoms with Crippen molar-refractivity contribution in [3.63, 3.8) is 0 Å². The average Bonchev–Trinajstić information content (AvgIpc) is 2.99. The third-order valence-corrected chi connectivity index (χ3v) is 4.24. The zero-order valence-electron chi connectivity index (χ0n) is 11.4. The van der Waals surface area contributed by atoms with E-state index in [1.165, 1.54) is 16.2 Å². The topological polar surface area (TPSA) is 57.3 Å². The Labute approximate surface area is 121 Å². The van der Waals surface area contributed by atoms with E-state index in [9.17, 15) is 4.79 Å². The lowest BCUT2D eigenvalue weighted by atomic mass is 10.2. The first-order valence-electron chi connectivity index (χ1n) is 6.41. The van der Waals surface area contributed by atoms with Crippen LogP contribution in [0.25, 0.3) is 0 Å². The molecular formula is C14H16N4OS. The number of carbonyl (C=O) groups is 1. The van der Waals surface area contributed by atoms with Gasteiger partial charge in [0.05, 0.1) is 5.69 Å². The van der Waals surface area contributed by atoms with Gasteiger partial charge in [0.2, 0.25) is 0 Å². The molecule has 0 aliphatic carbocycles. The average molecular weight is 288 g/mol. The van der Waals surface area contributed by atoms with Crippen molar-refractivity contribution < 1.29 is 4.79 Å². The Bertz CT molecular complexity index is 612. The number of aromatic nitrogens is 1. The van der Waals surface area contributed by atoms with Crippen molar-refractivity contribution in [1.29, 1.82) is 0 Å². The highest BCUT2D eigenvalue weighted by atomic mass is 32.1. The Morgan fingerprint density at radius 2 is 2.05 bits per heavy atom. The predicted octanol–water partition coefficient (Wildman–Crippen LogP) is 2.06. The van der Waals surface area contributed by atoms with Crippen LogP contribution in [0.3, 0.4) is 0 Å². The standard InChI is InChI=1S/C14H16N4OS/c1-18(2)10-5-3-9(4-6-10)13(19)17-14-16-11-7-15-8-12(11)20-14/h3-6,15H,7-8H2,1-2H3,(H,16,17,19). The summed E-state index contributed by atoms with van der Waals surface area (Å²) in [6.45, 7) is 1.64. The van der Waals surface area contributed by atoms with Gasteiger partial charge in [-0.05, 0) is 24.3 Å². The summed E-state index contributed by atoms with van der Waals surface area (Å²) >= 11 is 1.54. The van der Waals surface area contributed by atoms with Gasteiger partial charge in [-0.25, -0.2) is 4.98 Å². The quantitative estimate of drug-likeness (QED) is 0.908. The molecule has 0 radical (unpaired) electrons. The Morgan fingerprint density at radius 1 is 1.30 bits per heavy atom. The van der Waals surface area contributed by atoms with Crippen molar-refractivity contribution >= 4 is 28.1 Å². The number of thiazole rings is 1. The van der Waals surface area contributed by atoms with Gasteiger partial charge < -0.3 is 10.2 Å². The lowest BCUT2D eigenvalue weighted by molar-refractivity contribution is 0.102. The summed E-state index contributed by atoms with van der Waals surface area (Å²) < 4.78 is 0. The van der Waals surface area contributed by atoms with E-state index in [2.05, 4.69) is 15.6 Å². The van der Waals surface area contributed by atoms with Crippen LogP contribution < -0.4 is 15.5 Å². The van der Waals surface area contributed by atoms with Crippen molar-refractivity contribution in [3.05, 3.63) is 40.4 Å². The minimum Gasteiger partial charge on any atom is -0.378 e. The number of benzene rings is 1. The zero-order chi connectivity index (χ0) is 14.1. The smallest absolute Gasteiger partial charge is 0.257 e. The number of fused-ring (bicyclic) bond motifs is 1. The van der Waals surface area contributed by atoms with Gasteiger partial charge in [-0.1, -0.05) is 0 Å². The summed E-state index contributed by atoms with van der Waals surface area (Å²) in [5.74, 6) is -0.115. The highest BCUT2D eigenvalue weighted by Gasteiger charge is 2.17. The minimum atomic E-state index is -0.115. The van der Waals surface area contributed by atoms with Crippen molar-refractivity contribution in [2.24, 2.45) is 0 Å². The normalized spacial score (nSPS) is 13.1. The molecule has 1 aromatic carbocycles. The third-order valence-electron chi connectivity index (χ3n) is 3.22. The Kier molecular flexibility index (Phi) is 3.42. The highest BCUT2D eigenvalue weighted by Crippen LogP contribution is 2.26. The molecule has 2 N–H and O–H groups in total. The van der Waals surface area contributed by atoms with Gasteiger partial charge in [-0.15, -0.1) is 11.3 Å². The van der Waals surface area contributed by atoms with Crippen LogP contribution in [0.15, 0.2) is 24.3 Å². The van der Waals surface area contributed by atoms with Crippen molar-refractivity contribution in [1.82, 2.24) is 10.3 Å². The second-order valence-corrected chi connectivity index (χ2v) is 5.97. The van der Waals surface area contributed by atoms with Gasteiger partial charge in [0, 0.05) is 43.3 Å². The van der Waals surface area contributed by atoms with E-state index >= 15 is 0 Å². The van der Waals surface area contributed by atoms with E-state index < -0.39 is 0 Å². The molecule has 20 heavy (non-hydrogen) atoms. The summed E-state index contributed by atoms with van der Waals surface area (Å²) in [4.78, 5) is 19.8. The predicted molar refractivity (Wildman–Crippen MR) is 81.4 cm³/mol. The first-order chi connectivity index (χ1) is 9.63. The maximum atomic E-state index is 12.1. The van der Waals surface area contributed by atoms with Crippen molar-refractivity contribution in [3.8, 4) is 0 Å². The number of anilines is 2. The summed E-state index contributed by atoms with van der Waals surface area (Å²) in [6, 6.07) is 7.52. The van der Waals surface area contributed by atoms with Crippen LogP contribution in [0.2, 0.25) is 0 Å². The minimum absolute atomic E-state index is 0.115. The maximum Gasteiger partial charge on any atom is 0.257 e. The third kappa shape index (κ3) is 2.52. The number of amides is 1. The molecule has 2 aromatic rings. The van der Waals surface area contributed by atoms with Crippen LogP contribution in [-0.4, -0.2) is 25.0 Å². The molecule has 6 heteroatoms. The number of nitrogens with zero attached hydrogens (tertiary/aromatic N) is 2. The fourth-order valence-corrected chi connectivity index (χ4v) is 3.03. The molecule has 0 atom stereocenters. The molecule has 0 unspecified atom stereocenters. The fourth-order valence-electron chi connectivity index (χ4n) is 2.09. The number of hydrogen-bond acceptors (Lipinski definition) is 5. The summed E-state index contributed by atoms with van der Waals surface area (Å²) in [6.07, 6.45) is 0. The van der Waals surface area contributed by atoms with Gasteiger partial charge in [0.15, 0.2) is 5.13 Å². The molecule has 3 rings (SSSR count). The van der Waals surface area contributed by atoms with E-state index in [0.29, 0.717) is 10.7 Å². The molecule has 0 spiro atoms. The van der Waals surface area contributed by atoms with Crippen LogP contribution in [0.4, 0.5) is 10.8 Å². The largest absolute Gasteiger partial charge is 0.378 e. The van der Waals surface area contributed by atoms with Gasteiger partial charge in [0.25, 0.3) is 5.91 Å². The van der Waals surface area contributed by atoms with Gasteiger partial charge >= 0.3 is 0 Å². The highest BCUT2D eigenvalue weighted by molar-refractivity contribution is 7.15. The Morgan fingerprint density at radius 3 is 2.70 bits per heavy atom. The zero-order valence-corrected chi connectivity index (χ0v) is 12.3. The Hall–Kier alpha value is -1.92. The van der Waals surface area contributed by atoms with E-state index in [1.807, 2.05) is 43.3 Å². The summed E-state index contributed by atoms with van der Waals surface area (Å²) in [7, 11) is 3.94. The first-order valence-corrected chi connectivity index (χ1v) is 7.23. The molecule has 1 aromatic heterocycles. The lowest BCUT2D eigenvalue weighted by Crippen LogP contribution is -2.13. The van der Waals surface area contributed by atoms with Gasteiger partial charge in [-0.3, -0.25) is 10.1 Å². The summed E-state index contributed by atoms with van der Waals surface area (Å²) in [5, 5.41) is 6.77. The van der Waals surface area contributed by atoms with E-state index in [0.717, 1.165) is 24.5 Å². The molecule has 0 saturated carbocycles. The molecule has 1 aliphatic rings. The van der Waals surface area contributed by atoms with Crippen LogP contribution in [0, 0.1) is 0 Å². The molecule has 0 bridgehead atoms. The van der Waals surface area contributed by atoms with Crippen LogP contribution >= 0.6 is 11.3 Å². The fraction of sp³-hybridized carbons (Fsp3) is 0.286. The van der Waals surface area contributed by atoms with Crippen molar-refractivity contribution in [2.75, 3.05) is 24.3 Å². The van der Waals surface area contributed by atoms with Crippen LogP contribution in [0.5, 0.6) is 0 Å². The number of carbonyl (C=O) groups excluding carboxylic acids is 1. The summed E-state index contributed by atoms with van der Waals surface area (Å²) in [5.41, 5.74) is 2.76. The number of rotatable bonds is 3. The second kappa shape index (κ2) is 5.22. The molecular weight excluding hydrogens is 272 g/mol. The van der Waals surface area contributed by atoms with Crippen molar-refractivity contribution in [2.45, 2.75) is 13.1 Å². The lowest BCUT2D eigenvalue weighted by Gasteiger charge is -2.12. The number of nitrogens with one attached hydrogen (secondary N) is 2. The number of hydrogen-bond donors (Lipinski definition) is 2. The van der Waals surface area contributed by atoms with Crippen LogP contribution in [-0.2, 0) is 13.1 Å². The molecule has 2 heterocycles. The van der Waals surface area contributed by atoms with Gasteiger partial charge in [-0.2, -0.15) is 0 Å². The van der Waals surface area contributed by atoms with E-state index in [4.69, 9.17) is 0 Å². The van der Waals surface area contributed by atoms with E-state index in [-0.39, 0.29) is 5.91 Å². The van der Waals surface area contributed by atoms with Crippen LogP contribution in [0.1, 0.15) is 20.9 Å². The molecule has 1 amide bonds. The van der Waals surface area contributed by atoms with Gasteiger partial charge in [0.1, 0.15) is 0 Å². The molecule has 5 nitrogen and oxygen atoms in total.